The molecule has 0 aliphatic carbocycles. The molecule has 0 spiro atoms. The van der Waals surface area contributed by atoms with Crippen LogP contribution in [0.15, 0.2) is 109 Å². The number of methoxy groups -OCH3 is 1. The highest BCUT2D eigenvalue weighted by Gasteiger charge is 2.28. The number of rotatable bonds is 21. The van der Waals surface area contributed by atoms with Crippen LogP contribution < -0.4 is 25.4 Å². The third kappa shape index (κ3) is 13.6. The number of carbonyl (C=O) groups is 3. The maximum absolute atomic E-state index is 13.9. The Kier molecular flexibility index (Phi) is 15.6. The van der Waals surface area contributed by atoms with Crippen LogP contribution in [0.2, 0.25) is 0 Å². The van der Waals surface area contributed by atoms with Crippen molar-refractivity contribution in [1.82, 2.24) is 25.5 Å². The average molecular weight is 828 g/mol. The summed E-state index contributed by atoms with van der Waals surface area (Å²) in [4.78, 5) is 49.5. The summed E-state index contributed by atoms with van der Waals surface area (Å²) < 4.78 is 34.6. The minimum absolute atomic E-state index is 0.0168. The molecule has 5 aromatic rings. The number of hydrogen-bond acceptors (Lipinski definition) is 10. The predicted molar refractivity (Wildman–Crippen MR) is 227 cm³/mol. The van der Waals surface area contributed by atoms with Crippen LogP contribution in [0.3, 0.4) is 0 Å². The number of nitrogens with one attached hydrogen (secondary N) is 4. The summed E-state index contributed by atoms with van der Waals surface area (Å²) in [6.45, 7) is 4.29. The van der Waals surface area contributed by atoms with Gasteiger partial charge in [-0.1, -0.05) is 56.3 Å². The summed E-state index contributed by atoms with van der Waals surface area (Å²) in [6, 6.07) is 24.5. The third-order valence-electron chi connectivity index (χ3n) is 9.04. The molecule has 5 N–H and O–H groups in total. The van der Waals surface area contributed by atoms with Crippen LogP contribution in [0.1, 0.15) is 55.5 Å². The van der Waals surface area contributed by atoms with Crippen LogP contribution in [-0.4, -0.2) is 77.8 Å². The second-order valence-electron chi connectivity index (χ2n) is 14.1. The number of aromatic nitrogens is 2. The van der Waals surface area contributed by atoms with Crippen LogP contribution >= 0.6 is 11.3 Å². The predicted octanol–water partition coefficient (Wildman–Crippen LogP) is 7.38. The first-order valence-corrected chi connectivity index (χ1v) is 21.4. The van der Waals surface area contributed by atoms with E-state index in [9.17, 15) is 27.9 Å². The second kappa shape index (κ2) is 21.0. The van der Waals surface area contributed by atoms with E-state index in [1.165, 1.54) is 23.3 Å². The second-order valence-corrected chi connectivity index (χ2v) is 16.8. The molecule has 14 nitrogen and oxygen atoms in total. The van der Waals surface area contributed by atoms with Crippen molar-refractivity contribution in [2.24, 2.45) is 5.92 Å². The first-order valence-electron chi connectivity index (χ1n) is 18.9. The summed E-state index contributed by atoms with van der Waals surface area (Å²) in [7, 11) is -2.46. The van der Waals surface area contributed by atoms with Crippen LogP contribution in [0.25, 0.3) is 11.3 Å². The molecule has 5 rings (SSSR count). The lowest BCUT2D eigenvalue weighted by Crippen LogP contribution is -2.51. The monoisotopic (exact) mass is 827 g/mol. The molecule has 58 heavy (non-hydrogen) atoms. The number of sulfonamides is 1. The minimum atomic E-state index is -3.97. The highest BCUT2D eigenvalue weighted by Crippen LogP contribution is 2.27. The molecule has 0 radical (unpaired) electrons. The van der Waals surface area contributed by atoms with Crippen LogP contribution in [0.5, 0.6) is 5.75 Å². The van der Waals surface area contributed by atoms with Gasteiger partial charge in [0.1, 0.15) is 11.8 Å². The first-order chi connectivity index (χ1) is 27.9. The fourth-order valence-electron chi connectivity index (χ4n) is 6.14. The van der Waals surface area contributed by atoms with Gasteiger partial charge in [-0.05, 0) is 85.7 Å². The number of pyridine rings is 1. The molecule has 0 aliphatic rings. The SMILES string of the molecule is COc1ccc(NS(=O)(=O)CC(CCCCN(Cc2ccccc2)C(=O)O)NC(=O)C(CC(C)C)NC(=O)c2ccc(-c3csc(Nc4cccnc4)n3)cc2)cc1. The van der Waals surface area contributed by atoms with Crippen molar-refractivity contribution < 1.29 is 32.6 Å². The molecule has 0 aliphatic heterocycles. The fraction of sp³-hybridized carbons (Fsp3) is 0.310. The number of amides is 3. The van der Waals surface area contributed by atoms with Crippen LogP contribution in [-0.2, 0) is 21.4 Å². The number of hydrogen-bond donors (Lipinski definition) is 5. The smallest absolute Gasteiger partial charge is 0.407 e. The molecular weight excluding hydrogens is 779 g/mol. The Hall–Kier alpha value is -6.00. The highest BCUT2D eigenvalue weighted by atomic mass is 32.2. The maximum atomic E-state index is 13.9. The van der Waals surface area contributed by atoms with Gasteiger partial charge >= 0.3 is 6.09 Å². The molecule has 2 unspecified atom stereocenters. The third-order valence-corrected chi connectivity index (χ3v) is 11.2. The molecule has 3 aromatic carbocycles. The van der Waals surface area contributed by atoms with E-state index in [0.29, 0.717) is 41.4 Å². The number of unbranched alkanes of at least 4 members (excludes halogenated alkanes) is 1. The van der Waals surface area contributed by atoms with Gasteiger partial charge < -0.3 is 30.7 Å². The van der Waals surface area contributed by atoms with Gasteiger partial charge in [-0.2, -0.15) is 0 Å². The summed E-state index contributed by atoms with van der Waals surface area (Å²) in [5.74, 6) is -0.841. The lowest BCUT2D eigenvalue weighted by Gasteiger charge is -2.25. The zero-order valence-corrected chi connectivity index (χ0v) is 34.3. The van der Waals surface area contributed by atoms with Gasteiger partial charge in [0.2, 0.25) is 15.9 Å². The molecule has 3 amide bonds. The van der Waals surface area contributed by atoms with E-state index in [-0.39, 0.29) is 25.4 Å². The molecule has 0 bridgehead atoms. The maximum Gasteiger partial charge on any atom is 0.407 e. The Morgan fingerprint density at radius 3 is 2.29 bits per heavy atom. The number of nitrogens with zero attached hydrogens (tertiary/aromatic N) is 3. The Balaban J connectivity index is 1.25. The largest absolute Gasteiger partial charge is 0.497 e. The van der Waals surface area contributed by atoms with Gasteiger partial charge in [0.05, 0.1) is 30.4 Å². The van der Waals surface area contributed by atoms with Crippen molar-refractivity contribution in [3.05, 3.63) is 120 Å². The topological polar surface area (TPSA) is 192 Å². The number of thiazole rings is 1. The first kappa shape index (κ1) is 43.1. The van der Waals surface area contributed by atoms with Crippen LogP contribution in [0, 0.1) is 5.92 Å². The molecule has 0 saturated heterocycles. The van der Waals surface area contributed by atoms with Gasteiger partial charge in [0, 0.05) is 47.5 Å². The molecule has 16 heteroatoms. The van der Waals surface area contributed by atoms with Crippen molar-refractivity contribution in [3.63, 3.8) is 0 Å². The summed E-state index contributed by atoms with van der Waals surface area (Å²) >= 11 is 1.44. The van der Waals surface area contributed by atoms with E-state index >= 15 is 0 Å². The van der Waals surface area contributed by atoms with E-state index < -0.39 is 45.8 Å². The Morgan fingerprint density at radius 1 is 0.897 bits per heavy atom. The van der Waals surface area contributed by atoms with Gasteiger partial charge in [0.15, 0.2) is 5.13 Å². The van der Waals surface area contributed by atoms with Gasteiger partial charge in [0.25, 0.3) is 5.91 Å². The lowest BCUT2D eigenvalue weighted by atomic mass is 10.0. The van der Waals surface area contributed by atoms with E-state index in [0.717, 1.165) is 22.5 Å². The van der Waals surface area contributed by atoms with E-state index in [1.807, 2.05) is 61.7 Å². The Bertz CT molecular complexity index is 2190. The van der Waals surface area contributed by atoms with Crippen molar-refractivity contribution >= 4 is 55.8 Å². The number of benzene rings is 3. The number of ether oxygens (including phenoxy) is 1. The van der Waals surface area contributed by atoms with Crippen molar-refractivity contribution in [3.8, 4) is 17.0 Å². The van der Waals surface area contributed by atoms with Gasteiger partial charge in [-0.3, -0.25) is 19.3 Å². The quantitative estimate of drug-likeness (QED) is 0.0467. The Morgan fingerprint density at radius 2 is 1.64 bits per heavy atom. The van der Waals surface area contributed by atoms with Crippen molar-refractivity contribution in [2.75, 3.05) is 29.4 Å². The van der Waals surface area contributed by atoms with E-state index in [1.54, 1.807) is 60.9 Å². The average Bonchev–Trinajstić information content (AvgIpc) is 3.67. The normalized spacial score (nSPS) is 12.3. The standard InChI is InChI=1S/C42H49N7O7S2/c1-29(2)24-37(46-39(50)32-16-14-31(15-17-32)38-27-57-41(47-38)45-34-13-9-22-43-25-34)40(51)44-35(28-58(54,55)48-33-18-20-36(56-3)21-19-33)12-7-8-23-49(42(52)53)26-30-10-5-4-6-11-30/h4-6,9-11,13-22,25,27,29,35,37,48H,7-8,12,23-24,26,28H2,1-3H3,(H,44,51)(H,45,47)(H,46,50)(H,52,53). The van der Waals surface area contributed by atoms with Crippen molar-refractivity contribution in [1.29, 1.82) is 0 Å². The molecule has 306 valence electrons. The van der Waals surface area contributed by atoms with E-state index in [4.69, 9.17) is 4.74 Å². The summed E-state index contributed by atoms with van der Waals surface area (Å²) in [5.41, 5.74) is 3.88. The summed E-state index contributed by atoms with van der Waals surface area (Å²) in [6.07, 6.45) is 3.74. The molecule has 0 saturated carbocycles. The number of carboxylic acid groups (broad SMARTS) is 1. The van der Waals surface area contributed by atoms with Crippen LogP contribution in [0.4, 0.5) is 21.3 Å². The summed E-state index contributed by atoms with van der Waals surface area (Å²) in [5, 5.41) is 21.4. The zero-order valence-electron chi connectivity index (χ0n) is 32.6. The minimum Gasteiger partial charge on any atom is -0.497 e. The molecule has 2 aromatic heterocycles. The molecule has 0 fully saturated rings. The number of anilines is 3. The zero-order chi connectivity index (χ0) is 41.5. The highest BCUT2D eigenvalue weighted by molar-refractivity contribution is 7.92. The van der Waals surface area contributed by atoms with Gasteiger partial charge in [-0.15, -0.1) is 11.3 Å². The van der Waals surface area contributed by atoms with E-state index in [2.05, 4.69) is 30.6 Å². The fourth-order valence-corrected chi connectivity index (χ4v) is 8.24. The molecule has 2 heterocycles. The molecule has 2 atom stereocenters. The van der Waals surface area contributed by atoms with Gasteiger partial charge in [-0.25, -0.2) is 18.2 Å². The Labute approximate surface area is 343 Å². The molecular formula is C42H49N7O7S2. The number of carbonyl (C=O) groups excluding carboxylic acids is 2. The lowest BCUT2D eigenvalue weighted by molar-refractivity contribution is -0.124. The van der Waals surface area contributed by atoms with Crippen molar-refractivity contribution in [2.45, 2.75) is 58.2 Å².